The number of carbonyl (C=O) groups is 1. The fourth-order valence-electron chi connectivity index (χ4n) is 2.25. The number of thiophene rings is 1. The molecule has 0 saturated carbocycles. The molecule has 0 aliphatic heterocycles. The lowest BCUT2D eigenvalue weighted by Gasteiger charge is -2.08. The van der Waals surface area contributed by atoms with E-state index in [9.17, 15) is 14.9 Å². The van der Waals surface area contributed by atoms with Crippen molar-refractivity contribution in [2.75, 3.05) is 7.11 Å². The zero-order valence-electron chi connectivity index (χ0n) is 14.1. The fourth-order valence-corrected chi connectivity index (χ4v) is 2.86. The number of ether oxygens (including phenoxy) is 1. The molecule has 0 aliphatic rings. The third kappa shape index (κ3) is 4.52. The van der Waals surface area contributed by atoms with Crippen molar-refractivity contribution >= 4 is 29.4 Å². The second-order valence-electron chi connectivity index (χ2n) is 5.25. The third-order valence-electron chi connectivity index (χ3n) is 3.45. The second-order valence-corrected chi connectivity index (χ2v) is 6.19. The number of aromatic nitrogens is 3. The summed E-state index contributed by atoms with van der Waals surface area (Å²) in [5.74, 6) is -0.166. The van der Waals surface area contributed by atoms with E-state index in [0.29, 0.717) is 16.2 Å². The smallest absolute Gasteiger partial charge is 0.490 e. The average Bonchev–Trinajstić information content (AvgIpc) is 3.34. The Balaban J connectivity index is 1.73. The minimum absolute atomic E-state index is 0.229. The molecular weight excluding hydrogens is 372 g/mol. The van der Waals surface area contributed by atoms with Gasteiger partial charge in [0.1, 0.15) is 5.75 Å². The first-order valence-electron chi connectivity index (χ1n) is 7.64. The molecular formula is C16H14N6O4S. The minimum Gasteiger partial charge on any atom is -0.496 e. The molecule has 0 fully saturated rings. The van der Waals surface area contributed by atoms with Crippen LogP contribution in [-0.4, -0.2) is 38.9 Å². The van der Waals surface area contributed by atoms with E-state index in [0.717, 1.165) is 5.56 Å². The zero-order chi connectivity index (χ0) is 19.2. The van der Waals surface area contributed by atoms with Crippen molar-refractivity contribution in [2.45, 2.75) is 6.54 Å². The molecule has 2 aromatic heterocycles. The third-order valence-corrected chi connectivity index (χ3v) is 4.32. The van der Waals surface area contributed by atoms with Gasteiger partial charge in [0.05, 0.1) is 24.7 Å². The maximum atomic E-state index is 11.9. The summed E-state index contributed by atoms with van der Waals surface area (Å²) < 4.78 is 6.65. The Labute approximate surface area is 157 Å². The molecule has 1 amide bonds. The van der Waals surface area contributed by atoms with E-state index in [1.54, 1.807) is 30.3 Å². The Morgan fingerprint density at radius 2 is 2.33 bits per heavy atom. The number of carbonyl (C=O) groups excluding carboxylic acids is 1. The van der Waals surface area contributed by atoms with Crippen LogP contribution in [0.5, 0.6) is 5.75 Å². The quantitative estimate of drug-likeness (QED) is 0.376. The van der Waals surface area contributed by atoms with Crippen molar-refractivity contribution in [3.05, 3.63) is 68.2 Å². The van der Waals surface area contributed by atoms with E-state index in [1.165, 1.54) is 35.7 Å². The molecule has 1 aromatic carbocycles. The van der Waals surface area contributed by atoms with Crippen LogP contribution >= 0.6 is 11.3 Å². The number of hydrogen-bond donors (Lipinski definition) is 1. The molecule has 11 heteroatoms. The van der Waals surface area contributed by atoms with Gasteiger partial charge in [-0.25, -0.2) is 5.43 Å². The molecule has 0 unspecified atom stereocenters. The highest BCUT2D eigenvalue weighted by atomic mass is 32.1. The maximum absolute atomic E-state index is 11.9. The van der Waals surface area contributed by atoms with Crippen LogP contribution in [0.4, 0.5) is 5.95 Å². The Bertz CT molecular complexity index is 983. The lowest BCUT2D eigenvalue weighted by Crippen LogP contribution is -2.16. The average molecular weight is 386 g/mol. The SMILES string of the molecule is COc1ccc(/C=N/NC(=O)c2cccs2)cc1Cn1cnc([N+](=O)[O-])n1. The summed E-state index contributed by atoms with van der Waals surface area (Å²) in [6.45, 7) is 0.229. The summed E-state index contributed by atoms with van der Waals surface area (Å²) in [7, 11) is 1.53. The number of nitrogens with zero attached hydrogens (tertiary/aromatic N) is 5. The minimum atomic E-state index is -0.660. The Hall–Kier alpha value is -3.60. The second kappa shape index (κ2) is 8.19. The van der Waals surface area contributed by atoms with E-state index in [1.807, 2.05) is 5.38 Å². The highest BCUT2D eigenvalue weighted by Gasteiger charge is 2.15. The lowest BCUT2D eigenvalue weighted by atomic mass is 10.1. The van der Waals surface area contributed by atoms with Crippen LogP contribution in [0.1, 0.15) is 20.8 Å². The normalized spacial score (nSPS) is 10.9. The summed E-state index contributed by atoms with van der Waals surface area (Å²) in [4.78, 5) is 26.1. The molecule has 27 heavy (non-hydrogen) atoms. The van der Waals surface area contributed by atoms with Crippen LogP contribution < -0.4 is 10.2 Å². The van der Waals surface area contributed by atoms with Gasteiger partial charge in [-0.15, -0.1) is 11.3 Å². The van der Waals surface area contributed by atoms with E-state index in [2.05, 4.69) is 20.6 Å². The summed E-state index contributed by atoms with van der Waals surface area (Å²) in [6.07, 6.45) is 2.78. The van der Waals surface area contributed by atoms with Crippen LogP contribution in [-0.2, 0) is 6.54 Å². The van der Waals surface area contributed by atoms with E-state index >= 15 is 0 Å². The Kier molecular flexibility index (Phi) is 5.52. The maximum Gasteiger partial charge on any atom is 0.490 e. The molecule has 0 saturated heterocycles. The van der Waals surface area contributed by atoms with Crippen molar-refractivity contribution < 1.29 is 14.5 Å². The highest BCUT2D eigenvalue weighted by Crippen LogP contribution is 2.20. The Morgan fingerprint density at radius 1 is 1.48 bits per heavy atom. The topological polar surface area (TPSA) is 125 Å². The van der Waals surface area contributed by atoms with Gasteiger partial charge in [0.2, 0.25) is 6.33 Å². The Morgan fingerprint density at radius 3 is 3.00 bits per heavy atom. The van der Waals surface area contributed by atoms with Crippen molar-refractivity contribution in [1.29, 1.82) is 0 Å². The molecule has 0 aliphatic carbocycles. The summed E-state index contributed by atoms with van der Waals surface area (Å²) in [5, 5.41) is 20.2. The van der Waals surface area contributed by atoms with Gasteiger partial charge >= 0.3 is 5.95 Å². The number of hydrazone groups is 1. The molecule has 10 nitrogen and oxygen atoms in total. The van der Waals surface area contributed by atoms with Gasteiger partial charge in [-0.2, -0.15) is 9.78 Å². The number of nitrogens with one attached hydrogen (secondary N) is 1. The zero-order valence-corrected chi connectivity index (χ0v) is 14.9. The largest absolute Gasteiger partial charge is 0.496 e. The first kappa shape index (κ1) is 18.2. The van der Waals surface area contributed by atoms with Gasteiger partial charge in [0.25, 0.3) is 5.91 Å². The van der Waals surface area contributed by atoms with Gasteiger partial charge < -0.3 is 14.9 Å². The number of methoxy groups -OCH3 is 1. The van der Waals surface area contributed by atoms with Gasteiger partial charge in [0, 0.05) is 10.7 Å². The van der Waals surface area contributed by atoms with Crippen LogP contribution in [0.25, 0.3) is 0 Å². The van der Waals surface area contributed by atoms with Crippen molar-refractivity contribution in [1.82, 2.24) is 20.2 Å². The molecule has 3 rings (SSSR count). The summed E-state index contributed by atoms with van der Waals surface area (Å²) in [5.41, 5.74) is 3.90. The van der Waals surface area contributed by atoms with Crippen LogP contribution in [0.2, 0.25) is 0 Å². The predicted octanol–water partition coefficient (Wildman–Crippen LogP) is 2.07. The number of rotatable bonds is 7. The van der Waals surface area contributed by atoms with Gasteiger partial charge in [0.15, 0.2) is 0 Å². The molecule has 0 atom stereocenters. The molecule has 2 heterocycles. The predicted molar refractivity (Wildman–Crippen MR) is 98.2 cm³/mol. The number of hydrogen-bond acceptors (Lipinski definition) is 8. The molecule has 1 N–H and O–H groups in total. The van der Waals surface area contributed by atoms with E-state index < -0.39 is 10.9 Å². The van der Waals surface area contributed by atoms with Crippen molar-refractivity contribution in [2.24, 2.45) is 5.10 Å². The van der Waals surface area contributed by atoms with Crippen LogP contribution in [0, 0.1) is 10.1 Å². The van der Waals surface area contributed by atoms with E-state index in [4.69, 9.17) is 4.74 Å². The molecule has 0 bridgehead atoms. The number of benzene rings is 1. The number of nitro groups is 1. The standard InChI is InChI=1S/C16H14N6O4S/c1-26-13-5-4-11(8-18-19-15(23)14-3-2-6-27-14)7-12(13)9-21-10-17-16(20-21)22(24)25/h2-8,10H,9H2,1H3,(H,19,23)/b18-8+. The first-order valence-corrected chi connectivity index (χ1v) is 8.52. The first-order chi connectivity index (χ1) is 13.1. The molecule has 0 spiro atoms. The van der Waals surface area contributed by atoms with Crippen LogP contribution in [0.15, 0.2) is 47.1 Å². The summed E-state index contributed by atoms with van der Waals surface area (Å²) in [6, 6.07) is 8.79. The number of amides is 1. The molecule has 3 aromatic rings. The summed E-state index contributed by atoms with van der Waals surface area (Å²) >= 11 is 1.32. The monoisotopic (exact) mass is 386 g/mol. The van der Waals surface area contributed by atoms with Gasteiger partial charge in [-0.05, 0) is 40.1 Å². The van der Waals surface area contributed by atoms with Crippen molar-refractivity contribution in [3.63, 3.8) is 0 Å². The molecule has 138 valence electrons. The highest BCUT2D eigenvalue weighted by molar-refractivity contribution is 7.12. The van der Waals surface area contributed by atoms with Gasteiger partial charge in [-0.3, -0.25) is 4.79 Å². The lowest BCUT2D eigenvalue weighted by molar-refractivity contribution is -0.394. The fraction of sp³-hybridized carbons (Fsp3) is 0.125. The van der Waals surface area contributed by atoms with Gasteiger partial charge in [-0.1, -0.05) is 11.1 Å². The van der Waals surface area contributed by atoms with Crippen LogP contribution in [0.3, 0.4) is 0 Å². The van der Waals surface area contributed by atoms with E-state index in [-0.39, 0.29) is 12.5 Å². The van der Waals surface area contributed by atoms with Crippen molar-refractivity contribution in [3.8, 4) is 5.75 Å². The molecule has 0 radical (unpaired) electrons.